The van der Waals surface area contributed by atoms with Crippen LogP contribution in [-0.4, -0.2) is 32.5 Å². The second kappa shape index (κ2) is 7.97. The molecule has 0 fully saturated rings. The number of imidazole rings is 1. The molecule has 0 saturated carbocycles. The lowest BCUT2D eigenvalue weighted by atomic mass is 10.1. The third kappa shape index (κ3) is 3.44. The van der Waals surface area contributed by atoms with Crippen LogP contribution < -0.4 is 10.6 Å². The van der Waals surface area contributed by atoms with Crippen molar-refractivity contribution in [2.75, 3.05) is 12.4 Å². The minimum absolute atomic E-state index is 0.231. The van der Waals surface area contributed by atoms with Gasteiger partial charge in [-0.2, -0.15) is 4.98 Å². The summed E-state index contributed by atoms with van der Waals surface area (Å²) in [5.74, 6) is 0.847. The monoisotopic (exact) mass is 446 g/mol. The molecular weight excluding hydrogens is 428 g/mol. The highest BCUT2D eigenvalue weighted by Crippen LogP contribution is 2.31. The number of aromatic nitrogens is 4. The number of hydrogen-bond acceptors (Lipinski definition) is 6. The molecule has 9 heteroatoms. The number of rotatable bonds is 5. The molecule has 3 aromatic heterocycles. The Bertz CT molecular complexity index is 1470. The number of carbonyl (C=O) groups is 1. The van der Waals surface area contributed by atoms with E-state index in [1.54, 1.807) is 37.6 Å². The van der Waals surface area contributed by atoms with Crippen LogP contribution in [0, 0.1) is 0 Å². The molecule has 1 amide bonds. The van der Waals surface area contributed by atoms with E-state index in [0.717, 1.165) is 22.2 Å². The molecule has 0 aliphatic rings. The van der Waals surface area contributed by atoms with Crippen LogP contribution in [0.5, 0.6) is 0 Å². The molecule has 0 saturated heterocycles. The second-order valence-electron chi connectivity index (χ2n) is 7.30. The zero-order chi connectivity index (χ0) is 22.2. The third-order valence-electron chi connectivity index (χ3n) is 5.19. The Morgan fingerprint density at radius 3 is 2.78 bits per heavy atom. The quantitative estimate of drug-likeness (QED) is 0.415. The minimum Gasteiger partial charge on any atom is -0.418 e. The Balaban J connectivity index is 1.45. The topological polar surface area (TPSA) is 97.9 Å². The molecule has 8 nitrogen and oxygen atoms in total. The Hall–Kier alpha value is -3.91. The van der Waals surface area contributed by atoms with Gasteiger partial charge in [-0.3, -0.25) is 4.79 Å². The lowest BCUT2D eigenvalue weighted by molar-refractivity contribution is 0.0951. The van der Waals surface area contributed by atoms with Crippen LogP contribution in [0.1, 0.15) is 15.9 Å². The van der Waals surface area contributed by atoms with Gasteiger partial charge >= 0.3 is 0 Å². The maximum absolute atomic E-state index is 12.5. The van der Waals surface area contributed by atoms with Crippen LogP contribution in [0.15, 0.2) is 59.3 Å². The van der Waals surface area contributed by atoms with E-state index in [1.165, 1.54) is 0 Å². The summed E-state index contributed by atoms with van der Waals surface area (Å²) < 4.78 is 7.88. The van der Waals surface area contributed by atoms with Crippen LogP contribution in [0.2, 0.25) is 5.02 Å². The standard InChI is InChI=1S/C23H19ClN6O2/c1-25-20-17-19(30(2)12-27-17)18-23(29-20)32-22(28-18)14-7-5-6-13(10-14)11-26-21(31)15-8-3-4-9-16(15)24/h3-10,12H,11H2,1-2H3,(H,25,29)(H,26,31). The summed E-state index contributed by atoms with van der Waals surface area (Å²) in [6.45, 7) is 0.340. The van der Waals surface area contributed by atoms with Gasteiger partial charge in [0.1, 0.15) is 11.0 Å². The first-order valence-corrected chi connectivity index (χ1v) is 10.3. The number of nitrogens with one attached hydrogen (secondary N) is 2. The molecule has 0 aliphatic heterocycles. The molecule has 160 valence electrons. The number of amides is 1. The van der Waals surface area contributed by atoms with Crippen molar-refractivity contribution in [1.82, 2.24) is 24.8 Å². The van der Waals surface area contributed by atoms with Gasteiger partial charge in [-0.1, -0.05) is 35.9 Å². The highest BCUT2D eigenvalue weighted by atomic mass is 35.5. The lowest BCUT2D eigenvalue weighted by Gasteiger charge is -2.07. The molecule has 0 spiro atoms. The first-order valence-electron chi connectivity index (χ1n) is 9.96. The molecule has 5 rings (SSSR count). The number of carbonyl (C=O) groups excluding carboxylic acids is 1. The van der Waals surface area contributed by atoms with Gasteiger partial charge < -0.3 is 19.6 Å². The largest absolute Gasteiger partial charge is 0.418 e. The van der Waals surface area contributed by atoms with Crippen molar-refractivity contribution in [3.05, 3.63) is 71.0 Å². The number of oxazole rings is 1. The highest BCUT2D eigenvalue weighted by Gasteiger charge is 2.18. The maximum atomic E-state index is 12.5. The van der Waals surface area contributed by atoms with Gasteiger partial charge in [-0.15, -0.1) is 0 Å². The number of halogens is 1. The van der Waals surface area contributed by atoms with Gasteiger partial charge in [0.05, 0.1) is 16.9 Å². The molecule has 2 N–H and O–H groups in total. The van der Waals surface area contributed by atoms with Crippen LogP contribution in [0.4, 0.5) is 5.82 Å². The van der Waals surface area contributed by atoms with Crippen molar-refractivity contribution in [3.8, 4) is 11.5 Å². The van der Waals surface area contributed by atoms with E-state index in [1.807, 2.05) is 35.9 Å². The minimum atomic E-state index is -0.231. The van der Waals surface area contributed by atoms with Crippen LogP contribution in [0.25, 0.3) is 33.7 Å². The summed E-state index contributed by atoms with van der Waals surface area (Å²) in [6, 6.07) is 14.6. The summed E-state index contributed by atoms with van der Waals surface area (Å²) >= 11 is 6.11. The highest BCUT2D eigenvalue weighted by molar-refractivity contribution is 6.33. The number of nitrogens with zero attached hydrogens (tertiary/aromatic N) is 4. The summed E-state index contributed by atoms with van der Waals surface area (Å²) in [7, 11) is 3.70. The number of benzene rings is 2. The lowest BCUT2D eigenvalue weighted by Crippen LogP contribution is -2.23. The molecule has 0 unspecified atom stereocenters. The first-order chi connectivity index (χ1) is 15.5. The molecular formula is C23H19ClN6O2. The van der Waals surface area contributed by atoms with E-state index in [9.17, 15) is 4.79 Å². The number of hydrogen-bond donors (Lipinski definition) is 2. The summed E-state index contributed by atoms with van der Waals surface area (Å²) in [6.07, 6.45) is 1.73. The second-order valence-corrected chi connectivity index (χ2v) is 7.71. The molecule has 2 aromatic carbocycles. The number of pyridine rings is 1. The average Bonchev–Trinajstić information content (AvgIpc) is 3.41. The smallest absolute Gasteiger partial charge is 0.253 e. The zero-order valence-corrected chi connectivity index (χ0v) is 18.1. The first kappa shape index (κ1) is 20.0. The van der Waals surface area contributed by atoms with Crippen molar-refractivity contribution in [2.24, 2.45) is 7.05 Å². The van der Waals surface area contributed by atoms with Gasteiger partial charge in [0.25, 0.3) is 11.6 Å². The number of aryl methyl sites for hydroxylation is 1. The van der Waals surface area contributed by atoms with E-state index in [4.69, 9.17) is 21.0 Å². The van der Waals surface area contributed by atoms with Gasteiger partial charge in [0.15, 0.2) is 11.3 Å². The molecule has 0 atom stereocenters. The molecule has 32 heavy (non-hydrogen) atoms. The zero-order valence-electron chi connectivity index (χ0n) is 17.4. The summed E-state index contributed by atoms with van der Waals surface area (Å²) in [4.78, 5) is 26.1. The number of anilines is 1. The van der Waals surface area contributed by atoms with Crippen LogP contribution >= 0.6 is 11.6 Å². The molecule has 5 aromatic rings. The van der Waals surface area contributed by atoms with Crippen molar-refractivity contribution >= 4 is 45.6 Å². The predicted octanol–water partition coefficient (Wildman–Crippen LogP) is 4.40. The Morgan fingerprint density at radius 1 is 1.12 bits per heavy atom. The van der Waals surface area contributed by atoms with E-state index < -0.39 is 0 Å². The fourth-order valence-corrected chi connectivity index (χ4v) is 3.84. The normalized spacial score (nSPS) is 11.2. The maximum Gasteiger partial charge on any atom is 0.253 e. The molecule has 0 aliphatic carbocycles. The number of fused-ring (bicyclic) bond motifs is 3. The SMILES string of the molecule is CNc1nc2oc(-c3cccc(CNC(=O)c4ccccc4Cl)c3)nc2c2c1ncn2C. The molecule has 3 heterocycles. The van der Waals surface area contributed by atoms with Crippen molar-refractivity contribution in [2.45, 2.75) is 6.54 Å². The fourth-order valence-electron chi connectivity index (χ4n) is 3.61. The Morgan fingerprint density at radius 2 is 1.97 bits per heavy atom. The summed E-state index contributed by atoms with van der Waals surface area (Å²) in [5.41, 5.74) is 4.78. The van der Waals surface area contributed by atoms with Gasteiger partial charge in [-0.25, -0.2) is 9.97 Å². The van der Waals surface area contributed by atoms with Crippen molar-refractivity contribution in [1.29, 1.82) is 0 Å². The van der Waals surface area contributed by atoms with Crippen molar-refractivity contribution < 1.29 is 9.21 Å². The van der Waals surface area contributed by atoms with E-state index >= 15 is 0 Å². The molecule has 0 bridgehead atoms. The average molecular weight is 447 g/mol. The van der Waals surface area contributed by atoms with Crippen LogP contribution in [0.3, 0.4) is 0 Å². The van der Waals surface area contributed by atoms with Crippen LogP contribution in [-0.2, 0) is 13.6 Å². The van der Waals surface area contributed by atoms with Gasteiger partial charge in [0, 0.05) is 26.2 Å². The van der Waals surface area contributed by atoms with E-state index in [0.29, 0.717) is 40.1 Å². The predicted molar refractivity (Wildman–Crippen MR) is 124 cm³/mol. The molecule has 0 radical (unpaired) electrons. The van der Waals surface area contributed by atoms with E-state index in [2.05, 4.69) is 20.6 Å². The third-order valence-corrected chi connectivity index (χ3v) is 5.52. The Kier molecular flexibility index (Phi) is 4.99. The van der Waals surface area contributed by atoms with E-state index in [-0.39, 0.29) is 5.91 Å². The Labute approximate surface area is 188 Å². The van der Waals surface area contributed by atoms with Gasteiger partial charge in [-0.05, 0) is 29.8 Å². The summed E-state index contributed by atoms with van der Waals surface area (Å²) in [5, 5.41) is 6.37. The fraction of sp³-hybridized carbons (Fsp3) is 0.130. The van der Waals surface area contributed by atoms with Gasteiger partial charge in [0.2, 0.25) is 5.89 Å². The van der Waals surface area contributed by atoms with Crippen molar-refractivity contribution in [3.63, 3.8) is 0 Å².